The minimum Gasteiger partial charge on any atom is -0.488 e. The minimum atomic E-state index is -0.530. The SMILES string of the molecule is Cc1ccc(NC(=O)/C(C#N)=C\c2ccccc2OCc2ccc3c(c2)OCO3)cc1Cl. The number of para-hydroxylation sites is 1. The van der Waals surface area contributed by atoms with Crippen LogP contribution in [0.2, 0.25) is 5.02 Å². The Hall–Kier alpha value is -3.95. The number of nitrogens with one attached hydrogen (secondary N) is 1. The van der Waals surface area contributed by atoms with E-state index in [4.69, 9.17) is 25.8 Å². The lowest BCUT2D eigenvalue weighted by Gasteiger charge is -2.11. The third-order valence-corrected chi connectivity index (χ3v) is 5.25. The first-order valence-corrected chi connectivity index (χ1v) is 10.2. The van der Waals surface area contributed by atoms with Gasteiger partial charge < -0.3 is 19.5 Å². The van der Waals surface area contributed by atoms with Gasteiger partial charge in [-0.15, -0.1) is 0 Å². The Morgan fingerprint density at radius 3 is 2.78 bits per heavy atom. The van der Waals surface area contributed by atoms with Gasteiger partial charge in [-0.3, -0.25) is 4.79 Å². The molecule has 0 radical (unpaired) electrons. The molecule has 4 rings (SSSR count). The molecule has 1 N–H and O–H groups in total. The van der Waals surface area contributed by atoms with Gasteiger partial charge in [0.2, 0.25) is 6.79 Å². The van der Waals surface area contributed by atoms with E-state index >= 15 is 0 Å². The van der Waals surface area contributed by atoms with Gasteiger partial charge in [-0.1, -0.05) is 41.9 Å². The van der Waals surface area contributed by atoms with Crippen molar-refractivity contribution in [3.8, 4) is 23.3 Å². The molecule has 3 aromatic carbocycles. The lowest BCUT2D eigenvalue weighted by Crippen LogP contribution is -2.13. The zero-order valence-corrected chi connectivity index (χ0v) is 18.0. The fourth-order valence-corrected chi connectivity index (χ4v) is 3.28. The van der Waals surface area contributed by atoms with Crippen LogP contribution in [0.3, 0.4) is 0 Å². The smallest absolute Gasteiger partial charge is 0.266 e. The van der Waals surface area contributed by atoms with E-state index < -0.39 is 5.91 Å². The van der Waals surface area contributed by atoms with Crippen molar-refractivity contribution in [1.29, 1.82) is 5.26 Å². The van der Waals surface area contributed by atoms with Crippen molar-refractivity contribution < 1.29 is 19.0 Å². The van der Waals surface area contributed by atoms with E-state index in [1.165, 1.54) is 6.08 Å². The Morgan fingerprint density at radius 1 is 1.16 bits per heavy atom. The molecule has 1 aliphatic heterocycles. The molecule has 0 unspecified atom stereocenters. The van der Waals surface area contributed by atoms with E-state index in [1.807, 2.05) is 43.3 Å². The van der Waals surface area contributed by atoms with Gasteiger partial charge in [0, 0.05) is 16.3 Å². The molecule has 0 saturated carbocycles. The summed E-state index contributed by atoms with van der Waals surface area (Å²) in [6.45, 7) is 2.37. The molecule has 0 bridgehead atoms. The number of carbonyl (C=O) groups excluding carboxylic acids is 1. The van der Waals surface area contributed by atoms with Gasteiger partial charge >= 0.3 is 0 Å². The van der Waals surface area contributed by atoms with Crippen LogP contribution in [0, 0.1) is 18.3 Å². The number of benzene rings is 3. The molecule has 0 spiro atoms. The van der Waals surface area contributed by atoms with E-state index in [-0.39, 0.29) is 19.0 Å². The summed E-state index contributed by atoms with van der Waals surface area (Å²) >= 11 is 6.12. The first-order valence-electron chi connectivity index (χ1n) is 9.83. The lowest BCUT2D eigenvalue weighted by atomic mass is 10.1. The normalized spacial score (nSPS) is 12.2. The van der Waals surface area contributed by atoms with Gasteiger partial charge in [-0.05, 0) is 54.5 Å². The van der Waals surface area contributed by atoms with Gasteiger partial charge in [0.05, 0.1) is 0 Å². The molecule has 0 atom stereocenters. The van der Waals surface area contributed by atoms with Gasteiger partial charge in [-0.25, -0.2) is 0 Å². The average Bonchev–Trinajstić information content (AvgIpc) is 3.27. The molecule has 6 nitrogen and oxygen atoms in total. The molecule has 1 heterocycles. The number of nitriles is 1. The van der Waals surface area contributed by atoms with Crippen LogP contribution < -0.4 is 19.5 Å². The van der Waals surface area contributed by atoms with Crippen LogP contribution in [0.5, 0.6) is 17.2 Å². The Kier molecular flexibility index (Phi) is 6.29. The van der Waals surface area contributed by atoms with Crippen LogP contribution in [0.15, 0.2) is 66.2 Å². The van der Waals surface area contributed by atoms with Crippen molar-refractivity contribution in [3.63, 3.8) is 0 Å². The summed E-state index contributed by atoms with van der Waals surface area (Å²) in [6.07, 6.45) is 1.50. The number of nitrogens with zero attached hydrogens (tertiary/aromatic N) is 1. The van der Waals surface area contributed by atoms with Gasteiger partial charge in [0.15, 0.2) is 11.5 Å². The monoisotopic (exact) mass is 446 g/mol. The van der Waals surface area contributed by atoms with Crippen molar-refractivity contribution in [2.24, 2.45) is 0 Å². The number of carbonyl (C=O) groups is 1. The molecule has 0 saturated heterocycles. The zero-order valence-electron chi connectivity index (χ0n) is 17.2. The van der Waals surface area contributed by atoms with Crippen LogP contribution in [-0.4, -0.2) is 12.7 Å². The second-order valence-corrected chi connectivity index (χ2v) is 7.51. The number of halogens is 1. The van der Waals surface area contributed by atoms with Crippen molar-refractivity contribution in [1.82, 2.24) is 0 Å². The molecule has 0 aliphatic carbocycles. The van der Waals surface area contributed by atoms with Gasteiger partial charge in [0.1, 0.15) is 24.0 Å². The number of rotatable bonds is 6. The highest BCUT2D eigenvalue weighted by Gasteiger charge is 2.14. The Morgan fingerprint density at radius 2 is 1.97 bits per heavy atom. The molecule has 0 aromatic heterocycles. The van der Waals surface area contributed by atoms with E-state index in [0.717, 1.165) is 11.1 Å². The minimum absolute atomic E-state index is 0.0548. The summed E-state index contributed by atoms with van der Waals surface area (Å²) in [5.41, 5.74) is 2.87. The first kappa shape index (κ1) is 21.3. The molecule has 0 fully saturated rings. The summed E-state index contributed by atoms with van der Waals surface area (Å²) in [6, 6.07) is 19.9. The second kappa shape index (κ2) is 9.46. The predicted molar refractivity (Wildman–Crippen MR) is 122 cm³/mol. The van der Waals surface area contributed by atoms with Crippen molar-refractivity contribution >= 4 is 29.3 Å². The van der Waals surface area contributed by atoms with Crippen molar-refractivity contribution in [2.45, 2.75) is 13.5 Å². The molecule has 3 aromatic rings. The molecular formula is C25H19ClN2O4. The van der Waals surface area contributed by atoms with Crippen LogP contribution in [0.1, 0.15) is 16.7 Å². The summed E-state index contributed by atoms with van der Waals surface area (Å²) < 4.78 is 16.7. The van der Waals surface area contributed by atoms with Crippen LogP contribution >= 0.6 is 11.6 Å². The Balaban J connectivity index is 1.50. The number of aryl methyl sites for hydroxylation is 1. The van der Waals surface area contributed by atoms with Crippen molar-refractivity contribution in [2.75, 3.05) is 12.1 Å². The highest BCUT2D eigenvalue weighted by Crippen LogP contribution is 2.33. The highest BCUT2D eigenvalue weighted by atomic mass is 35.5. The number of fused-ring (bicyclic) bond motifs is 1. The van der Waals surface area contributed by atoms with Crippen LogP contribution in [0.25, 0.3) is 6.08 Å². The third-order valence-electron chi connectivity index (χ3n) is 4.84. The summed E-state index contributed by atoms with van der Waals surface area (Å²) in [5, 5.41) is 12.8. The maximum Gasteiger partial charge on any atom is 0.266 e. The first-order chi connectivity index (χ1) is 15.5. The molecule has 160 valence electrons. The van der Waals surface area contributed by atoms with E-state index in [1.54, 1.807) is 30.3 Å². The standard InChI is InChI=1S/C25H19ClN2O4/c1-16-6-8-20(12-21(16)26)28-25(29)19(13-27)11-18-4-2-3-5-22(18)30-14-17-7-9-23-24(10-17)32-15-31-23/h2-12H,14-15H2,1H3,(H,28,29)/b19-11-. The summed E-state index contributed by atoms with van der Waals surface area (Å²) in [7, 11) is 0. The third kappa shape index (κ3) is 4.85. The molecular weight excluding hydrogens is 428 g/mol. The molecule has 7 heteroatoms. The molecule has 1 aliphatic rings. The van der Waals surface area contributed by atoms with Gasteiger partial charge in [0.25, 0.3) is 5.91 Å². The lowest BCUT2D eigenvalue weighted by molar-refractivity contribution is -0.112. The van der Waals surface area contributed by atoms with Crippen LogP contribution in [-0.2, 0) is 11.4 Å². The summed E-state index contributed by atoms with van der Waals surface area (Å²) in [4.78, 5) is 12.6. The van der Waals surface area contributed by atoms with E-state index in [2.05, 4.69) is 5.32 Å². The number of hydrogen-bond acceptors (Lipinski definition) is 5. The van der Waals surface area contributed by atoms with Crippen molar-refractivity contribution in [3.05, 3.63) is 87.9 Å². The molecule has 32 heavy (non-hydrogen) atoms. The summed E-state index contributed by atoms with van der Waals surface area (Å²) in [5.74, 6) is 1.40. The largest absolute Gasteiger partial charge is 0.488 e. The molecule has 1 amide bonds. The van der Waals surface area contributed by atoms with E-state index in [0.29, 0.717) is 33.5 Å². The number of ether oxygens (including phenoxy) is 3. The maximum atomic E-state index is 12.6. The fourth-order valence-electron chi connectivity index (χ4n) is 3.10. The topological polar surface area (TPSA) is 80.6 Å². The predicted octanol–water partition coefficient (Wildman–Crippen LogP) is 5.50. The average molecular weight is 447 g/mol. The number of amides is 1. The second-order valence-electron chi connectivity index (χ2n) is 7.10. The number of hydrogen-bond donors (Lipinski definition) is 1. The Labute approximate surface area is 190 Å². The van der Waals surface area contributed by atoms with Crippen LogP contribution in [0.4, 0.5) is 5.69 Å². The van der Waals surface area contributed by atoms with E-state index in [9.17, 15) is 10.1 Å². The maximum absolute atomic E-state index is 12.6. The van der Waals surface area contributed by atoms with Gasteiger partial charge in [-0.2, -0.15) is 5.26 Å². The quantitative estimate of drug-likeness (QED) is 0.399. The number of anilines is 1. The zero-order chi connectivity index (χ0) is 22.5. The fraction of sp³-hybridized carbons (Fsp3) is 0.120. The Bertz CT molecular complexity index is 1250. The highest BCUT2D eigenvalue weighted by molar-refractivity contribution is 6.31.